The van der Waals surface area contributed by atoms with E-state index in [0.29, 0.717) is 40.5 Å². The van der Waals surface area contributed by atoms with Crippen molar-refractivity contribution in [1.29, 1.82) is 0 Å². The van der Waals surface area contributed by atoms with Crippen LogP contribution in [0.4, 0.5) is 4.39 Å². The molecule has 0 unspecified atom stereocenters. The van der Waals surface area contributed by atoms with E-state index in [1.807, 2.05) is 0 Å². The first-order valence-electron chi connectivity index (χ1n) is 8.17. The monoisotopic (exact) mass is 390 g/mol. The highest BCUT2D eigenvalue weighted by Crippen LogP contribution is 2.38. The highest BCUT2D eigenvalue weighted by Gasteiger charge is 2.19. The number of hydrogen-bond donors (Lipinski definition) is 1. The quantitative estimate of drug-likeness (QED) is 0.792. The lowest BCUT2D eigenvalue weighted by Crippen LogP contribution is -2.22. The summed E-state index contributed by atoms with van der Waals surface area (Å²) in [5.41, 5.74) is 4.19. The van der Waals surface area contributed by atoms with Gasteiger partial charge >= 0.3 is 0 Å². The van der Waals surface area contributed by atoms with Crippen molar-refractivity contribution in [3.63, 3.8) is 0 Å². The molecule has 1 N–H and O–H groups in total. The summed E-state index contributed by atoms with van der Waals surface area (Å²) >= 11 is 1.64. The Morgan fingerprint density at radius 2 is 1.81 bits per heavy atom. The fourth-order valence-electron chi connectivity index (χ4n) is 2.76. The summed E-state index contributed by atoms with van der Waals surface area (Å²) in [6.45, 7) is 0. The SMILES string of the molecule is COc1cc(C(=O)NN=C2CCSc3ccc(F)cc32)cc(OC)c1OC. The number of rotatable bonds is 5. The maximum Gasteiger partial charge on any atom is 0.271 e. The van der Waals surface area contributed by atoms with Crippen molar-refractivity contribution >= 4 is 23.4 Å². The minimum Gasteiger partial charge on any atom is -0.493 e. The summed E-state index contributed by atoms with van der Waals surface area (Å²) in [5.74, 6) is 1.19. The standard InChI is InChI=1S/C19H19FN2O4S/c1-24-15-8-11(9-16(25-2)18(15)26-3)19(23)22-21-14-6-7-27-17-5-4-12(20)10-13(14)17/h4-5,8-10H,6-7H2,1-3H3,(H,22,23). The Morgan fingerprint density at radius 3 is 2.44 bits per heavy atom. The smallest absolute Gasteiger partial charge is 0.271 e. The molecule has 2 aromatic rings. The van der Waals surface area contributed by atoms with E-state index in [1.54, 1.807) is 30.0 Å². The molecule has 0 spiro atoms. The lowest BCUT2D eigenvalue weighted by Gasteiger charge is -2.17. The molecule has 2 aromatic carbocycles. The number of hydrazone groups is 1. The third-order valence-corrected chi connectivity index (χ3v) is 5.14. The number of halogens is 1. The first-order valence-corrected chi connectivity index (χ1v) is 9.15. The second-order valence-corrected chi connectivity index (χ2v) is 6.79. The van der Waals surface area contributed by atoms with Gasteiger partial charge in [-0.05, 0) is 30.3 Å². The third-order valence-electron chi connectivity index (χ3n) is 4.07. The second-order valence-electron chi connectivity index (χ2n) is 5.65. The van der Waals surface area contributed by atoms with Gasteiger partial charge in [0, 0.05) is 28.2 Å². The van der Waals surface area contributed by atoms with Gasteiger partial charge in [-0.3, -0.25) is 4.79 Å². The Bertz CT molecular complexity index is 876. The Hall–Kier alpha value is -2.74. The molecular weight excluding hydrogens is 371 g/mol. The predicted molar refractivity (Wildman–Crippen MR) is 102 cm³/mol. The number of methoxy groups -OCH3 is 3. The molecule has 0 radical (unpaired) electrons. The van der Waals surface area contributed by atoms with Gasteiger partial charge in [-0.15, -0.1) is 11.8 Å². The number of carbonyl (C=O) groups excluding carboxylic acids is 1. The fourth-order valence-corrected chi connectivity index (χ4v) is 3.77. The maximum absolute atomic E-state index is 13.6. The number of nitrogens with one attached hydrogen (secondary N) is 1. The molecule has 1 aliphatic heterocycles. The molecule has 0 atom stereocenters. The molecule has 1 amide bonds. The van der Waals surface area contributed by atoms with Crippen molar-refractivity contribution in [3.8, 4) is 17.2 Å². The zero-order valence-corrected chi connectivity index (χ0v) is 16.0. The molecule has 0 aliphatic carbocycles. The largest absolute Gasteiger partial charge is 0.493 e. The fraction of sp³-hybridized carbons (Fsp3) is 0.263. The molecule has 8 heteroatoms. The highest BCUT2D eigenvalue weighted by molar-refractivity contribution is 7.99. The van der Waals surface area contributed by atoms with Crippen molar-refractivity contribution in [2.75, 3.05) is 27.1 Å². The number of nitrogens with zero attached hydrogens (tertiary/aromatic N) is 1. The van der Waals surface area contributed by atoms with Crippen LogP contribution in [0.25, 0.3) is 0 Å². The van der Waals surface area contributed by atoms with Crippen molar-refractivity contribution in [1.82, 2.24) is 5.43 Å². The molecule has 0 saturated heterocycles. The Labute approximate surface area is 160 Å². The van der Waals surface area contributed by atoms with Gasteiger partial charge in [0.05, 0.1) is 27.0 Å². The average molecular weight is 390 g/mol. The zero-order chi connectivity index (χ0) is 19.4. The van der Waals surface area contributed by atoms with Crippen LogP contribution in [-0.2, 0) is 0 Å². The van der Waals surface area contributed by atoms with Gasteiger partial charge in [-0.1, -0.05) is 0 Å². The zero-order valence-electron chi connectivity index (χ0n) is 15.2. The minimum atomic E-state index is -0.432. The van der Waals surface area contributed by atoms with E-state index in [4.69, 9.17) is 14.2 Å². The van der Waals surface area contributed by atoms with Crippen LogP contribution in [0.15, 0.2) is 40.3 Å². The summed E-state index contributed by atoms with van der Waals surface area (Å²) < 4.78 is 29.3. The number of benzene rings is 2. The number of hydrogen-bond acceptors (Lipinski definition) is 6. The van der Waals surface area contributed by atoms with Crippen LogP contribution >= 0.6 is 11.8 Å². The molecule has 0 bridgehead atoms. The van der Waals surface area contributed by atoms with E-state index in [0.717, 1.165) is 10.6 Å². The predicted octanol–water partition coefficient (Wildman–Crippen LogP) is 3.48. The molecule has 6 nitrogen and oxygen atoms in total. The lowest BCUT2D eigenvalue weighted by atomic mass is 10.1. The maximum atomic E-state index is 13.6. The van der Waals surface area contributed by atoms with Gasteiger partial charge in [0.1, 0.15) is 5.82 Å². The van der Waals surface area contributed by atoms with Crippen molar-refractivity contribution in [2.45, 2.75) is 11.3 Å². The molecule has 1 heterocycles. The van der Waals surface area contributed by atoms with E-state index in [1.165, 1.54) is 33.5 Å². The van der Waals surface area contributed by atoms with Crippen LogP contribution in [0.1, 0.15) is 22.3 Å². The first kappa shape index (κ1) is 19.0. The van der Waals surface area contributed by atoms with Gasteiger partial charge in [-0.25, -0.2) is 9.82 Å². The topological polar surface area (TPSA) is 69.2 Å². The third kappa shape index (κ3) is 4.00. The van der Waals surface area contributed by atoms with Gasteiger partial charge in [-0.2, -0.15) is 5.10 Å². The normalized spacial score (nSPS) is 14.4. The van der Waals surface area contributed by atoms with E-state index in [-0.39, 0.29) is 5.82 Å². The molecule has 142 valence electrons. The number of thioether (sulfide) groups is 1. The van der Waals surface area contributed by atoms with Crippen LogP contribution in [-0.4, -0.2) is 38.7 Å². The average Bonchev–Trinajstić information content (AvgIpc) is 2.70. The van der Waals surface area contributed by atoms with E-state index in [2.05, 4.69) is 10.5 Å². The molecule has 1 aliphatic rings. The second kappa shape index (κ2) is 8.30. The van der Waals surface area contributed by atoms with E-state index < -0.39 is 5.91 Å². The summed E-state index contributed by atoms with van der Waals surface area (Å²) in [6.07, 6.45) is 0.636. The number of fused-ring (bicyclic) bond motifs is 1. The van der Waals surface area contributed by atoms with Crippen molar-refractivity contribution in [2.24, 2.45) is 5.10 Å². The van der Waals surface area contributed by atoms with Gasteiger partial charge in [0.25, 0.3) is 5.91 Å². The van der Waals surface area contributed by atoms with Crippen molar-refractivity contribution < 1.29 is 23.4 Å². The summed E-state index contributed by atoms with van der Waals surface area (Å²) in [4.78, 5) is 13.5. The molecule has 0 aromatic heterocycles. The van der Waals surface area contributed by atoms with Crippen LogP contribution in [0.5, 0.6) is 17.2 Å². The van der Waals surface area contributed by atoms with Crippen LogP contribution in [0.3, 0.4) is 0 Å². The number of ether oxygens (including phenoxy) is 3. The van der Waals surface area contributed by atoms with Gasteiger partial charge in [0.2, 0.25) is 5.75 Å². The van der Waals surface area contributed by atoms with Crippen molar-refractivity contribution in [3.05, 3.63) is 47.3 Å². The van der Waals surface area contributed by atoms with Crippen LogP contribution in [0.2, 0.25) is 0 Å². The molecule has 0 saturated carbocycles. The van der Waals surface area contributed by atoms with Gasteiger partial charge in [0.15, 0.2) is 11.5 Å². The molecular formula is C19H19FN2O4S. The number of carbonyl (C=O) groups is 1. The first-order chi connectivity index (χ1) is 13.1. The molecule has 3 rings (SSSR count). The highest BCUT2D eigenvalue weighted by atomic mass is 32.2. The summed E-state index contributed by atoms with van der Waals surface area (Å²) in [5, 5.41) is 4.22. The molecule has 27 heavy (non-hydrogen) atoms. The van der Waals surface area contributed by atoms with Crippen LogP contribution in [0, 0.1) is 5.82 Å². The Morgan fingerprint density at radius 1 is 1.11 bits per heavy atom. The number of amides is 1. The minimum absolute atomic E-state index is 0.304. The Balaban J connectivity index is 1.87. The van der Waals surface area contributed by atoms with E-state index in [9.17, 15) is 9.18 Å². The summed E-state index contributed by atoms with van der Waals surface area (Å²) in [7, 11) is 4.44. The van der Waals surface area contributed by atoms with E-state index >= 15 is 0 Å². The lowest BCUT2D eigenvalue weighted by molar-refractivity contribution is 0.0954. The molecule has 0 fully saturated rings. The summed E-state index contributed by atoms with van der Waals surface area (Å²) in [6, 6.07) is 7.67. The van der Waals surface area contributed by atoms with Crippen LogP contribution < -0.4 is 19.6 Å². The Kier molecular flexibility index (Phi) is 5.85. The van der Waals surface area contributed by atoms with Gasteiger partial charge < -0.3 is 14.2 Å².